The molecule has 0 bridgehead atoms. The van der Waals surface area contributed by atoms with Crippen molar-refractivity contribution < 1.29 is 19.7 Å². The van der Waals surface area contributed by atoms with E-state index in [0.29, 0.717) is 11.3 Å². The largest absolute Gasteiger partial charge is 0.504 e. The average molecular weight is 311 g/mol. The molecule has 0 radical (unpaired) electrons. The van der Waals surface area contributed by atoms with E-state index in [1.165, 1.54) is 6.07 Å². The summed E-state index contributed by atoms with van der Waals surface area (Å²) < 4.78 is 5.77. The van der Waals surface area contributed by atoms with Crippen LogP contribution in [0.25, 0.3) is 5.76 Å². The normalized spacial score (nSPS) is 16.1. The highest BCUT2D eigenvalue weighted by molar-refractivity contribution is 5.79. The van der Waals surface area contributed by atoms with Gasteiger partial charge >= 0.3 is 0 Å². The molecule has 1 atom stereocenters. The summed E-state index contributed by atoms with van der Waals surface area (Å²) in [7, 11) is 3.87. The van der Waals surface area contributed by atoms with E-state index in [0.717, 1.165) is 17.5 Å². The van der Waals surface area contributed by atoms with Crippen molar-refractivity contribution >= 4 is 17.7 Å². The van der Waals surface area contributed by atoms with E-state index < -0.39 is 5.92 Å². The van der Waals surface area contributed by atoms with Crippen LogP contribution in [0.4, 0.5) is 5.69 Å². The highest BCUT2D eigenvalue weighted by Gasteiger charge is 2.26. The van der Waals surface area contributed by atoms with Crippen molar-refractivity contribution in [1.82, 2.24) is 0 Å². The third-order valence-electron chi connectivity index (χ3n) is 3.84. The van der Waals surface area contributed by atoms with Gasteiger partial charge in [-0.2, -0.15) is 0 Å². The zero-order valence-electron chi connectivity index (χ0n) is 12.9. The summed E-state index contributed by atoms with van der Waals surface area (Å²) in [5.74, 6) is -0.585. The summed E-state index contributed by atoms with van der Waals surface area (Å²) in [6, 6.07) is 10.6. The summed E-state index contributed by atoms with van der Waals surface area (Å²) in [6.45, 7) is 0. The maximum absolute atomic E-state index is 11.4. The fraction of sp³-hybridized carbons (Fsp3) is 0.167. The molecule has 0 aliphatic carbocycles. The molecule has 0 spiro atoms. The lowest BCUT2D eigenvalue weighted by Crippen LogP contribution is -2.12. The molecule has 1 aliphatic heterocycles. The smallest absolute Gasteiger partial charge is 0.201 e. The van der Waals surface area contributed by atoms with E-state index in [1.807, 2.05) is 43.3 Å². The molecule has 0 saturated heterocycles. The Kier molecular flexibility index (Phi) is 3.70. The number of fused-ring (bicyclic) bond motifs is 1. The highest BCUT2D eigenvalue weighted by atomic mass is 16.5. The minimum Gasteiger partial charge on any atom is -0.504 e. The van der Waals surface area contributed by atoms with E-state index in [4.69, 9.17) is 4.74 Å². The molecular formula is C18H17NO4. The average Bonchev–Trinajstić information content (AvgIpc) is 2.57. The van der Waals surface area contributed by atoms with E-state index in [1.54, 1.807) is 12.1 Å². The van der Waals surface area contributed by atoms with Crippen LogP contribution in [-0.4, -0.2) is 30.6 Å². The number of phenols is 2. The number of aromatic hydroxyl groups is 2. The molecule has 23 heavy (non-hydrogen) atoms. The number of ether oxygens (including phenoxy) is 1. The number of allylic oxidation sites excluding steroid dienone is 1. The van der Waals surface area contributed by atoms with Gasteiger partial charge in [0.05, 0.1) is 5.92 Å². The maximum Gasteiger partial charge on any atom is 0.201 e. The summed E-state index contributed by atoms with van der Waals surface area (Å²) in [5, 5.41) is 19.7. The van der Waals surface area contributed by atoms with Crippen LogP contribution in [-0.2, 0) is 4.79 Å². The molecule has 2 N–H and O–H groups in total. The Morgan fingerprint density at radius 2 is 1.96 bits per heavy atom. The third kappa shape index (κ3) is 2.61. The van der Waals surface area contributed by atoms with Gasteiger partial charge in [0.2, 0.25) is 5.75 Å². The van der Waals surface area contributed by atoms with Crippen molar-refractivity contribution in [2.24, 2.45) is 0 Å². The number of carbonyl (C=O) groups excluding carboxylic acids is 1. The van der Waals surface area contributed by atoms with Crippen LogP contribution in [0.3, 0.4) is 0 Å². The second-order valence-electron chi connectivity index (χ2n) is 5.59. The van der Waals surface area contributed by atoms with E-state index in [9.17, 15) is 15.0 Å². The molecule has 0 aromatic heterocycles. The van der Waals surface area contributed by atoms with E-state index in [2.05, 4.69) is 0 Å². The number of hydrogen-bond acceptors (Lipinski definition) is 5. The Bertz CT molecular complexity index is 796. The van der Waals surface area contributed by atoms with Gasteiger partial charge in [-0.3, -0.25) is 0 Å². The molecular weight excluding hydrogens is 294 g/mol. The first-order valence-electron chi connectivity index (χ1n) is 7.19. The second kappa shape index (κ2) is 5.68. The highest BCUT2D eigenvalue weighted by Crippen LogP contribution is 2.46. The van der Waals surface area contributed by atoms with Crippen LogP contribution >= 0.6 is 0 Å². The van der Waals surface area contributed by atoms with Crippen molar-refractivity contribution in [2.45, 2.75) is 5.92 Å². The lowest BCUT2D eigenvalue weighted by molar-refractivity contribution is -0.108. The Morgan fingerprint density at radius 3 is 2.65 bits per heavy atom. The molecule has 1 heterocycles. The van der Waals surface area contributed by atoms with Gasteiger partial charge in [-0.15, -0.1) is 0 Å². The molecule has 0 fully saturated rings. The Hall–Kier alpha value is -2.95. The number of rotatable bonds is 3. The van der Waals surface area contributed by atoms with Crippen LogP contribution in [0.2, 0.25) is 0 Å². The molecule has 5 heteroatoms. The second-order valence-corrected chi connectivity index (χ2v) is 5.59. The van der Waals surface area contributed by atoms with Gasteiger partial charge in [0, 0.05) is 30.9 Å². The third-order valence-corrected chi connectivity index (χ3v) is 3.84. The van der Waals surface area contributed by atoms with E-state index in [-0.39, 0.29) is 17.2 Å². The van der Waals surface area contributed by atoms with Crippen molar-refractivity contribution in [3.05, 3.63) is 53.6 Å². The number of phenolic OH excluding ortho intramolecular Hbond substituents is 2. The van der Waals surface area contributed by atoms with Gasteiger partial charge in [0.25, 0.3) is 0 Å². The first-order chi connectivity index (χ1) is 11.0. The minimum absolute atomic E-state index is 0.120. The maximum atomic E-state index is 11.4. The standard InChI is InChI=1S/C18H17NO4/c1-19(2)13-5-3-4-11(8-13)16-9-12(10-20)14-6-7-15(21)17(22)18(14)23-16/h3-10,12,21-22H,1-2H3. The lowest BCUT2D eigenvalue weighted by Gasteiger charge is -2.24. The number of nitrogens with zero attached hydrogens (tertiary/aromatic N) is 1. The first kappa shape index (κ1) is 15.0. The molecule has 1 aliphatic rings. The van der Waals surface area contributed by atoms with Gasteiger partial charge in [0.15, 0.2) is 11.5 Å². The number of anilines is 1. The zero-order valence-corrected chi connectivity index (χ0v) is 12.9. The predicted molar refractivity (Wildman–Crippen MR) is 88.0 cm³/mol. The van der Waals surface area contributed by atoms with Crippen molar-refractivity contribution in [3.8, 4) is 17.2 Å². The Balaban J connectivity index is 2.08. The molecule has 0 amide bonds. The summed E-state index contributed by atoms with van der Waals surface area (Å²) in [4.78, 5) is 13.4. The van der Waals surface area contributed by atoms with Gasteiger partial charge in [-0.05, 0) is 24.3 Å². The molecule has 3 rings (SSSR count). The predicted octanol–water partition coefficient (Wildman–Crippen LogP) is 2.88. The number of hydrogen-bond donors (Lipinski definition) is 2. The summed E-state index contributed by atoms with van der Waals surface area (Å²) >= 11 is 0. The van der Waals surface area contributed by atoms with Gasteiger partial charge in [-0.25, -0.2) is 0 Å². The van der Waals surface area contributed by atoms with Crippen LogP contribution in [0.5, 0.6) is 17.2 Å². The lowest BCUT2D eigenvalue weighted by atomic mass is 9.94. The zero-order chi connectivity index (χ0) is 16.6. The minimum atomic E-state index is -0.539. The molecule has 1 unspecified atom stereocenters. The molecule has 118 valence electrons. The number of aldehydes is 1. The van der Waals surface area contributed by atoms with Crippen molar-refractivity contribution in [1.29, 1.82) is 0 Å². The quantitative estimate of drug-likeness (QED) is 0.674. The van der Waals surface area contributed by atoms with Crippen molar-refractivity contribution in [2.75, 3.05) is 19.0 Å². The summed E-state index contributed by atoms with van der Waals surface area (Å²) in [5.41, 5.74) is 2.31. The Labute approximate surface area is 134 Å². The van der Waals surface area contributed by atoms with Crippen molar-refractivity contribution in [3.63, 3.8) is 0 Å². The van der Waals surface area contributed by atoms with Gasteiger partial charge < -0.3 is 24.6 Å². The number of carbonyl (C=O) groups is 1. The molecule has 2 aromatic carbocycles. The summed E-state index contributed by atoms with van der Waals surface area (Å²) in [6.07, 6.45) is 2.49. The van der Waals surface area contributed by atoms with Crippen LogP contribution in [0.1, 0.15) is 17.0 Å². The van der Waals surface area contributed by atoms with Gasteiger partial charge in [-0.1, -0.05) is 18.2 Å². The first-order valence-corrected chi connectivity index (χ1v) is 7.19. The van der Waals surface area contributed by atoms with Crippen LogP contribution in [0, 0.1) is 0 Å². The Morgan fingerprint density at radius 1 is 1.17 bits per heavy atom. The monoisotopic (exact) mass is 311 g/mol. The topological polar surface area (TPSA) is 70.0 Å². The fourth-order valence-corrected chi connectivity index (χ4v) is 2.55. The van der Waals surface area contributed by atoms with E-state index >= 15 is 0 Å². The fourth-order valence-electron chi connectivity index (χ4n) is 2.55. The number of benzene rings is 2. The van der Waals surface area contributed by atoms with Crippen LogP contribution < -0.4 is 9.64 Å². The molecule has 0 saturated carbocycles. The van der Waals surface area contributed by atoms with Gasteiger partial charge in [0.1, 0.15) is 12.0 Å². The SMILES string of the molecule is CN(C)c1cccc(C2=CC(C=O)c3ccc(O)c(O)c3O2)c1. The van der Waals surface area contributed by atoms with Crippen LogP contribution in [0.15, 0.2) is 42.5 Å². The molecule has 5 nitrogen and oxygen atoms in total. The molecule has 2 aromatic rings.